The van der Waals surface area contributed by atoms with E-state index >= 15 is 0 Å². The Morgan fingerprint density at radius 3 is 2.77 bits per heavy atom. The van der Waals surface area contributed by atoms with Crippen LogP contribution in [0.2, 0.25) is 0 Å². The van der Waals surface area contributed by atoms with Crippen molar-refractivity contribution in [3.63, 3.8) is 0 Å². The van der Waals surface area contributed by atoms with Crippen LogP contribution in [0.1, 0.15) is 6.92 Å². The zero-order chi connectivity index (χ0) is 9.68. The summed E-state index contributed by atoms with van der Waals surface area (Å²) in [6.45, 7) is 5.91. The van der Waals surface area contributed by atoms with Crippen molar-refractivity contribution in [2.24, 2.45) is 0 Å². The summed E-state index contributed by atoms with van der Waals surface area (Å²) in [6.07, 6.45) is -0.958. The first-order chi connectivity index (χ1) is 6.18. The monoisotopic (exact) mass is 188 g/mol. The maximum Gasteiger partial charge on any atom is 0.404 e. The average Bonchev–Trinajstić information content (AvgIpc) is 2.04. The van der Waals surface area contributed by atoms with E-state index in [0.717, 1.165) is 32.8 Å². The van der Waals surface area contributed by atoms with Crippen LogP contribution in [-0.2, 0) is 4.74 Å². The highest BCUT2D eigenvalue weighted by molar-refractivity contribution is 5.64. The maximum atomic E-state index is 10.3. The number of ether oxygens (including phenoxy) is 1. The molecule has 5 nitrogen and oxygen atoms in total. The van der Waals surface area contributed by atoms with Gasteiger partial charge in [-0.25, -0.2) is 4.79 Å². The molecule has 0 saturated carbocycles. The summed E-state index contributed by atoms with van der Waals surface area (Å²) >= 11 is 0. The molecule has 1 heterocycles. The van der Waals surface area contributed by atoms with E-state index in [1.54, 1.807) is 0 Å². The van der Waals surface area contributed by atoms with Crippen molar-refractivity contribution in [3.8, 4) is 0 Å². The summed E-state index contributed by atoms with van der Waals surface area (Å²) in [5.74, 6) is 0. The van der Waals surface area contributed by atoms with E-state index in [1.807, 2.05) is 6.92 Å². The van der Waals surface area contributed by atoms with Gasteiger partial charge in [0.1, 0.15) is 0 Å². The van der Waals surface area contributed by atoms with Gasteiger partial charge in [-0.15, -0.1) is 0 Å². The standard InChI is InChI=1S/C8H16N2O3/c1-7(9-8(11)12)6-10-2-4-13-5-3-10/h7,9H,2-6H2,1H3,(H,11,12)/t7-/m1/s1. The molecule has 1 aliphatic heterocycles. The molecule has 0 radical (unpaired) electrons. The van der Waals surface area contributed by atoms with E-state index < -0.39 is 6.09 Å². The van der Waals surface area contributed by atoms with E-state index in [1.165, 1.54) is 0 Å². The highest BCUT2D eigenvalue weighted by Crippen LogP contribution is 1.97. The number of hydrogen-bond donors (Lipinski definition) is 2. The van der Waals surface area contributed by atoms with Crippen molar-refractivity contribution in [1.29, 1.82) is 0 Å². The van der Waals surface area contributed by atoms with Gasteiger partial charge in [-0.05, 0) is 6.92 Å². The summed E-state index contributed by atoms with van der Waals surface area (Å²) < 4.78 is 5.18. The van der Waals surface area contributed by atoms with Gasteiger partial charge in [0.25, 0.3) is 0 Å². The third kappa shape index (κ3) is 4.10. The minimum Gasteiger partial charge on any atom is -0.465 e. The quantitative estimate of drug-likeness (QED) is 0.653. The number of morpholine rings is 1. The third-order valence-electron chi connectivity index (χ3n) is 2.01. The van der Waals surface area contributed by atoms with Crippen molar-refractivity contribution in [3.05, 3.63) is 0 Å². The molecule has 1 saturated heterocycles. The Morgan fingerprint density at radius 2 is 2.23 bits per heavy atom. The molecule has 5 heteroatoms. The van der Waals surface area contributed by atoms with Gasteiger partial charge in [0, 0.05) is 25.7 Å². The lowest BCUT2D eigenvalue weighted by Gasteiger charge is -2.28. The molecule has 0 spiro atoms. The van der Waals surface area contributed by atoms with Gasteiger partial charge >= 0.3 is 6.09 Å². The van der Waals surface area contributed by atoms with Crippen molar-refractivity contribution in [1.82, 2.24) is 10.2 Å². The van der Waals surface area contributed by atoms with Gasteiger partial charge in [0.2, 0.25) is 0 Å². The molecule has 0 bridgehead atoms. The molecule has 0 unspecified atom stereocenters. The maximum absolute atomic E-state index is 10.3. The molecule has 1 rings (SSSR count). The molecule has 1 aliphatic rings. The predicted octanol–water partition coefficient (Wildman–Crippen LogP) is -0.0253. The van der Waals surface area contributed by atoms with Crippen molar-refractivity contribution >= 4 is 6.09 Å². The lowest BCUT2D eigenvalue weighted by molar-refractivity contribution is 0.0345. The number of hydrogen-bond acceptors (Lipinski definition) is 3. The SMILES string of the molecule is C[C@H](CN1CCOCC1)NC(=O)O. The molecule has 2 N–H and O–H groups in total. The number of nitrogens with one attached hydrogen (secondary N) is 1. The molecule has 1 atom stereocenters. The topological polar surface area (TPSA) is 61.8 Å². The van der Waals surface area contributed by atoms with Gasteiger partial charge in [0.05, 0.1) is 13.2 Å². The number of amides is 1. The van der Waals surface area contributed by atoms with Crippen LogP contribution in [0.5, 0.6) is 0 Å². The average molecular weight is 188 g/mol. The fourth-order valence-electron chi connectivity index (χ4n) is 1.43. The van der Waals surface area contributed by atoms with E-state index in [9.17, 15) is 4.79 Å². The van der Waals surface area contributed by atoms with Crippen molar-refractivity contribution in [2.45, 2.75) is 13.0 Å². The molecule has 0 aromatic rings. The summed E-state index contributed by atoms with van der Waals surface area (Å²) in [7, 11) is 0. The lowest BCUT2D eigenvalue weighted by Crippen LogP contribution is -2.45. The van der Waals surface area contributed by atoms with Crippen LogP contribution < -0.4 is 5.32 Å². The Bertz CT molecular complexity index is 169. The van der Waals surface area contributed by atoms with E-state index in [4.69, 9.17) is 9.84 Å². The number of nitrogens with zero attached hydrogens (tertiary/aromatic N) is 1. The normalized spacial score (nSPS) is 21.0. The summed E-state index contributed by atoms with van der Waals surface area (Å²) in [4.78, 5) is 12.5. The van der Waals surface area contributed by atoms with E-state index in [-0.39, 0.29) is 6.04 Å². The van der Waals surface area contributed by atoms with Gasteiger partial charge in [-0.1, -0.05) is 0 Å². The molecule has 0 aliphatic carbocycles. The van der Waals surface area contributed by atoms with E-state index in [2.05, 4.69) is 10.2 Å². The fraction of sp³-hybridized carbons (Fsp3) is 0.875. The Labute approximate surface area is 77.7 Å². The highest BCUT2D eigenvalue weighted by atomic mass is 16.5. The molecule has 1 amide bonds. The summed E-state index contributed by atoms with van der Waals surface area (Å²) in [5.41, 5.74) is 0. The van der Waals surface area contributed by atoms with Crippen LogP contribution >= 0.6 is 0 Å². The Balaban J connectivity index is 2.18. The van der Waals surface area contributed by atoms with Crippen LogP contribution in [0.25, 0.3) is 0 Å². The Morgan fingerprint density at radius 1 is 1.62 bits per heavy atom. The molecule has 0 aromatic heterocycles. The molecule has 13 heavy (non-hydrogen) atoms. The molecule has 0 aromatic carbocycles. The van der Waals surface area contributed by atoms with Crippen LogP contribution in [0, 0.1) is 0 Å². The largest absolute Gasteiger partial charge is 0.465 e. The number of carbonyl (C=O) groups is 1. The van der Waals surface area contributed by atoms with Crippen LogP contribution in [0.3, 0.4) is 0 Å². The smallest absolute Gasteiger partial charge is 0.404 e. The number of carboxylic acid groups (broad SMARTS) is 1. The molecule has 76 valence electrons. The molecular formula is C8H16N2O3. The van der Waals surface area contributed by atoms with Gasteiger partial charge in [-0.2, -0.15) is 0 Å². The van der Waals surface area contributed by atoms with Crippen molar-refractivity contribution < 1.29 is 14.6 Å². The minimum atomic E-state index is -0.958. The predicted molar refractivity (Wildman–Crippen MR) is 47.9 cm³/mol. The zero-order valence-corrected chi connectivity index (χ0v) is 7.82. The minimum absolute atomic E-state index is 0.0180. The van der Waals surface area contributed by atoms with Crippen molar-refractivity contribution in [2.75, 3.05) is 32.8 Å². The molecule has 1 fully saturated rings. The van der Waals surface area contributed by atoms with E-state index in [0.29, 0.717) is 0 Å². The first-order valence-electron chi connectivity index (χ1n) is 4.48. The van der Waals surface area contributed by atoms with Gasteiger partial charge < -0.3 is 15.2 Å². The second-order valence-electron chi connectivity index (χ2n) is 3.26. The Kier molecular flexibility index (Phi) is 3.98. The third-order valence-corrected chi connectivity index (χ3v) is 2.01. The van der Waals surface area contributed by atoms with Gasteiger partial charge in [-0.3, -0.25) is 4.90 Å². The van der Waals surface area contributed by atoms with Crippen LogP contribution in [0.15, 0.2) is 0 Å². The highest BCUT2D eigenvalue weighted by Gasteiger charge is 2.14. The second-order valence-corrected chi connectivity index (χ2v) is 3.26. The van der Waals surface area contributed by atoms with Crippen LogP contribution in [-0.4, -0.2) is 55.0 Å². The number of rotatable bonds is 3. The first-order valence-corrected chi connectivity index (χ1v) is 4.48. The molecular weight excluding hydrogens is 172 g/mol. The first kappa shape index (κ1) is 10.3. The zero-order valence-electron chi connectivity index (χ0n) is 7.82. The summed E-state index contributed by atoms with van der Waals surface area (Å²) in [6, 6.07) is -0.0180. The van der Waals surface area contributed by atoms with Gasteiger partial charge in [0.15, 0.2) is 0 Å². The fourth-order valence-corrected chi connectivity index (χ4v) is 1.43. The lowest BCUT2D eigenvalue weighted by atomic mass is 10.3. The second kappa shape index (κ2) is 5.04. The Hall–Kier alpha value is -0.810. The summed E-state index contributed by atoms with van der Waals surface area (Å²) in [5, 5.41) is 10.9. The van der Waals surface area contributed by atoms with Crippen LogP contribution in [0.4, 0.5) is 4.79 Å².